The third-order valence-corrected chi connectivity index (χ3v) is 4.69. The minimum atomic E-state index is -2.81. The van der Waals surface area contributed by atoms with Crippen molar-refractivity contribution in [1.29, 1.82) is 0 Å². The van der Waals surface area contributed by atoms with Gasteiger partial charge in [-0.1, -0.05) is 11.6 Å². The first-order valence-corrected chi connectivity index (χ1v) is 7.34. The fourth-order valence-electron chi connectivity index (χ4n) is 1.75. The van der Waals surface area contributed by atoms with Gasteiger partial charge in [-0.15, -0.1) is 0 Å². The normalized spacial score (nSPS) is 20.6. The monoisotopic (exact) mass is 260 g/mol. The van der Waals surface area contributed by atoms with Gasteiger partial charge in [0.05, 0.1) is 17.2 Å². The summed E-state index contributed by atoms with van der Waals surface area (Å²) in [4.78, 5) is 3.96. The summed E-state index contributed by atoms with van der Waals surface area (Å²) >= 11 is 5.91. The summed E-state index contributed by atoms with van der Waals surface area (Å²) in [6, 6.07) is 3.82. The summed E-state index contributed by atoms with van der Waals surface area (Å²) in [7, 11) is -2.81. The number of nitrogens with one attached hydrogen (secondary N) is 1. The van der Waals surface area contributed by atoms with E-state index in [1.54, 1.807) is 12.3 Å². The second kappa shape index (κ2) is 4.59. The maximum Gasteiger partial charge on any atom is 0.152 e. The highest BCUT2D eigenvalue weighted by atomic mass is 35.5. The smallest absolute Gasteiger partial charge is 0.152 e. The molecule has 1 fully saturated rings. The molecule has 2 heterocycles. The lowest BCUT2D eigenvalue weighted by Gasteiger charge is -2.24. The molecule has 0 atom stereocenters. The maximum absolute atomic E-state index is 11.2. The van der Waals surface area contributed by atoms with E-state index in [4.69, 9.17) is 11.6 Å². The Balaban J connectivity index is 2.00. The molecule has 1 aromatic heterocycles. The van der Waals surface area contributed by atoms with Crippen molar-refractivity contribution in [3.05, 3.63) is 23.5 Å². The van der Waals surface area contributed by atoms with Crippen LogP contribution in [-0.2, 0) is 9.84 Å². The van der Waals surface area contributed by atoms with Gasteiger partial charge in [0.1, 0.15) is 9.84 Å². The van der Waals surface area contributed by atoms with Gasteiger partial charge in [0.25, 0.3) is 0 Å². The fraction of sp³-hybridized carbons (Fsp3) is 0.500. The van der Waals surface area contributed by atoms with Crippen LogP contribution in [0.1, 0.15) is 12.8 Å². The van der Waals surface area contributed by atoms with E-state index >= 15 is 0 Å². The lowest BCUT2D eigenvalue weighted by atomic mass is 10.1. The quantitative estimate of drug-likeness (QED) is 0.823. The van der Waals surface area contributed by atoms with Gasteiger partial charge < -0.3 is 5.32 Å². The Hall–Kier alpha value is -0.810. The van der Waals surface area contributed by atoms with Gasteiger partial charge in [0.2, 0.25) is 0 Å². The number of rotatable bonds is 2. The Morgan fingerprint density at radius 1 is 1.38 bits per heavy atom. The molecule has 4 nitrogen and oxygen atoms in total. The Labute approximate surface area is 99.9 Å². The third-order valence-electron chi connectivity index (χ3n) is 2.67. The van der Waals surface area contributed by atoms with Crippen LogP contribution in [0.5, 0.6) is 0 Å². The first kappa shape index (κ1) is 11.7. The summed E-state index contributed by atoms with van der Waals surface area (Å²) in [5.74, 6) is 0.505. The minimum Gasteiger partial charge on any atom is -0.380 e. The van der Waals surface area contributed by atoms with E-state index in [9.17, 15) is 8.42 Å². The SMILES string of the molecule is O=S1(=O)CCC(Nc2cccnc2Cl)CC1. The van der Waals surface area contributed by atoms with E-state index in [0.717, 1.165) is 5.69 Å². The molecular formula is C10H13ClN2O2S. The van der Waals surface area contributed by atoms with E-state index in [0.29, 0.717) is 18.0 Å². The number of hydrogen-bond acceptors (Lipinski definition) is 4. The molecule has 2 rings (SSSR count). The third kappa shape index (κ3) is 2.86. The standard InChI is InChI=1S/C10H13ClN2O2S/c11-10-9(2-1-5-12-10)13-8-3-6-16(14,15)7-4-8/h1-2,5,8,13H,3-4,6-7H2. The van der Waals surface area contributed by atoms with Crippen molar-refractivity contribution in [2.24, 2.45) is 0 Å². The van der Waals surface area contributed by atoms with Gasteiger partial charge in [-0.05, 0) is 25.0 Å². The zero-order chi connectivity index (χ0) is 11.6. The summed E-state index contributed by atoms with van der Waals surface area (Å²) in [6.07, 6.45) is 2.89. The molecule has 1 aromatic rings. The van der Waals surface area contributed by atoms with E-state index in [1.165, 1.54) is 0 Å². The Bertz CT molecular complexity index is 461. The van der Waals surface area contributed by atoms with E-state index < -0.39 is 9.84 Å². The molecule has 1 aliphatic rings. The molecule has 1 N–H and O–H groups in total. The maximum atomic E-state index is 11.2. The first-order chi connectivity index (χ1) is 7.57. The summed E-state index contributed by atoms with van der Waals surface area (Å²) < 4.78 is 22.5. The van der Waals surface area contributed by atoms with Gasteiger partial charge in [-0.25, -0.2) is 13.4 Å². The number of nitrogens with zero attached hydrogens (tertiary/aromatic N) is 1. The van der Waals surface area contributed by atoms with Crippen LogP contribution in [0.2, 0.25) is 5.15 Å². The lowest BCUT2D eigenvalue weighted by Crippen LogP contribution is -2.32. The van der Waals surface area contributed by atoms with E-state index in [1.807, 2.05) is 6.07 Å². The molecule has 0 aliphatic carbocycles. The predicted molar refractivity (Wildman–Crippen MR) is 64.5 cm³/mol. The minimum absolute atomic E-state index is 0.172. The van der Waals surface area contributed by atoms with Crippen molar-refractivity contribution < 1.29 is 8.42 Å². The Morgan fingerprint density at radius 3 is 2.69 bits per heavy atom. The van der Waals surface area contributed by atoms with Crippen LogP contribution in [0.3, 0.4) is 0 Å². The molecule has 0 saturated carbocycles. The van der Waals surface area contributed by atoms with E-state index in [-0.39, 0.29) is 17.5 Å². The number of anilines is 1. The van der Waals surface area contributed by atoms with Gasteiger partial charge in [0, 0.05) is 12.2 Å². The number of sulfone groups is 1. The van der Waals surface area contributed by atoms with Crippen LogP contribution < -0.4 is 5.32 Å². The molecule has 88 valence electrons. The van der Waals surface area contributed by atoms with Crippen LogP contribution in [0.15, 0.2) is 18.3 Å². The van der Waals surface area contributed by atoms with Crippen molar-refractivity contribution in [2.45, 2.75) is 18.9 Å². The van der Waals surface area contributed by atoms with Crippen molar-refractivity contribution >= 4 is 27.1 Å². The molecule has 0 unspecified atom stereocenters. The molecule has 0 radical (unpaired) electrons. The van der Waals surface area contributed by atoms with Crippen LogP contribution in [-0.4, -0.2) is 30.9 Å². The van der Waals surface area contributed by atoms with Crippen molar-refractivity contribution in [3.63, 3.8) is 0 Å². The van der Waals surface area contributed by atoms with Crippen LogP contribution >= 0.6 is 11.6 Å². The van der Waals surface area contributed by atoms with Crippen molar-refractivity contribution in [3.8, 4) is 0 Å². The molecule has 1 aliphatic heterocycles. The number of halogens is 1. The molecule has 0 amide bonds. The van der Waals surface area contributed by atoms with Gasteiger partial charge in [-0.2, -0.15) is 0 Å². The molecule has 0 bridgehead atoms. The van der Waals surface area contributed by atoms with E-state index in [2.05, 4.69) is 10.3 Å². The summed E-state index contributed by atoms with van der Waals surface area (Å²) in [5.41, 5.74) is 0.772. The number of pyridine rings is 1. The van der Waals surface area contributed by atoms with Crippen molar-refractivity contribution in [1.82, 2.24) is 4.98 Å². The average Bonchev–Trinajstić information content (AvgIpc) is 2.24. The van der Waals surface area contributed by atoms with Gasteiger partial charge >= 0.3 is 0 Å². The lowest BCUT2D eigenvalue weighted by molar-refractivity contribution is 0.559. The second-order valence-electron chi connectivity index (χ2n) is 3.91. The second-order valence-corrected chi connectivity index (χ2v) is 6.57. The van der Waals surface area contributed by atoms with Crippen LogP contribution in [0.25, 0.3) is 0 Å². The van der Waals surface area contributed by atoms with Crippen LogP contribution in [0.4, 0.5) is 5.69 Å². The zero-order valence-electron chi connectivity index (χ0n) is 8.69. The summed E-state index contributed by atoms with van der Waals surface area (Å²) in [5, 5.41) is 3.65. The topological polar surface area (TPSA) is 59.1 Å². The zero-order valence-corrected chi connectivity index (χ0v) is 10.3. The molecule has 1 saturated heterocycles. The largest absolute Gasteiger partial charge is 0.380 e. The van der Waals surface area contributed by atoms with Crippen molar-refractivity contribution in [2.75, 3.05) is 16.8 Å². The first-order valence-electron chi connectivity index (χ1n) is 5.14. The highest BCUT2D eigenvalue weighted by molar-refractivity contribution is 7.91. The average molecular weight is 261 g/mol. The molecule has 0 aromatic carbocycles. The highest BCUT2D eigenvalue weighted by Gasteiger charge is 2.23. The predicted octanol–water partition coefficient (Wildman–Crippen LogP) is 1.72. The highest BCUT2D eigenvalue weighted by Crippen LogP contribution is 2.22. The Kier molecular flexibility index (Phi) is 3.35. The van der Waals surface area contributed by atoms with Crippen LogP contribution in [0, 0.1) is 0 Å². The van der Waals surface area contributed by atoms with Gasteiger partial charge in [0.15, 0.2) is 5.15 Å². The molecule has 0 spiro atoms. The number of aromatic nitrogens is 1. The summed E-state index contributed by atoms with van der Waals surface area (Å²) in [6.45, 7) is 0. The molecule has 16 heavy (non-hydrogen) atoms. The number of hydrogen-bond donors (Lipinski definition) is 1. The fourth-order valence-corrected chi connectivity index (χ4v) is 3.41. The van der Waals surface area contributed by atoms with Gasteiger partial charge in [-0.3, -0.25) is 0 Å². The molecule has 6 heteroatoms. The molecular weight excluding hydrogens is 248 g/mol. The Morgan fingerprint density at radius 2 is 2.06 bits per heavy atom.